The van der Waals surface area contributed by atoms with Gasteiger partial charge in [-0.15, -0.1) is 0 Å². The summed E-state index contributed by atoms with van der Waals surface area (Å²) in [7, 11) is 0. The molecule has 0 saturated carbocycles. The molecule has 3 heterocycles. The van der Waals surface area contributed by atoms with Crippen molar-refractivity contribution < 1.29 is 9.53 Å². The Hall–Kier alpha value is -1.44. The first-order chi connectivity index (χ1) is 10.2. The van der Waals surface area contributed by atoms with Crippen LogP contribution in [-0.2, 0) is 4.74 Å². The molecular formula is C14H17BrN4O2. The van der Waals surface area contributed by atoms with Gasteiger partial charge in [0, 0.05) is 44.1 Å². The average molecular weight is 353 g/mol. The molecule has 0 spiro atoms. The number of carbonyl (C=O) groups is 1. The molecule has 0 aromatic carbocycles. The predicted octanol–water partition coefficient (Wildman–Crippen LogP) is 1.06. The summed E-state index contributed by atoms with van der Waals surface area (Å²) in [6.07, 6.45) is 5.31. The van der Waals surface area contributed by atoms with Crippen molar-refractivity contribution in [2.24, 2.45) is 5.92 Å². The minimum absolute atomic E-state index is 0.0875. The molecule has 1 saturated heterocycles. The van der Waals surface area contributed by atoms with Crippen LogP contribution in [0, 0.1) is 5.92 Å². The van der Waals surface area contributed by atoms with E-state index in [4.69, 9.17) is 4.74 Å². The van der Waals surface area contributed by atoms with Crippen molar-refractivity contribution in [2.45, 2.75) is 0 Å². The van der Waals surface area contributed by atoms with E-state index in [1.54, 1.807) is 18.5 Å². The van der Waals surface area contributed by atoms with Gasteiger partial charge in [-0.25, -0.2) is 4.98 Å². The first-order valence-electron chi connectivity index (χ1n) is 6.93. The van der Waals surface area contributed by atoms with Crippen LogP contribution in [0.3, 0.4) is 0 Å². The molecule has 1 atom stereocenters. The van der Waals surface area contributed by atoms with Crippen LogP contribution in [0.4, 0.5) is 0 Å². The lowest BCUT2D eigenvalue weighted by atomic mass is 10.1. The fourth-order valence-corrected chi connectivity index (χ4v) is 2.90. The van der Waals surface area contributed by atoms with E-state index in [2.05, 4.69) is 31.5 Å². The Morgan fingerprint density at radius 1 is 1.62 bits per heavy atom. The topological polar surface area (TPSA) is 67.7 Å². The third-order valence-corrected chi connectivity index (χ3v) is 4.05. The summed E-state index contributed by atoms with van der Waals surface area (Å²) in [5, 5.41) is 6.26. The molecule has 2 N–H and O–H groups in total. The molecule has 0 bridgehead atoms. The minimum atomic E-state index is -0.0875. The van der Waals surface area contributed by atoms with Crippen LogP contribution in [0.25, 0.3) is 5.65 Å². The zero-order chi connectivity index (χ0) is 14.7. The van der Waals surface area contributed by atoms with E-state index < -0.39 is 0 Å². The van der Waals surface area contributed by atoms with Crippen molar-refractivity contribution in [1.29, 1.82) is 0 Å². The lowest BCUT2D eigenvalue weighted by molar-refractivity contribution is 0.0921. The highest BCUT2D eigenvalue weighted by atomic mass is 79.9. The van der Waals surface area contributed by atoms with Crippen molar-refractivity contribution in [1.82, 2.24) is 20.0 Å². The lowest BCUT2D eigenvalue weighted by Crippen LogP contribution is -2.35. The molecule has 1 amide bonds. The predicted molar refractivity (Wildman–Crippen MR) is 82.4 cm³/mol. The number of amides is 1. The fourth-order valence-electron chi connectivity index (χ4n) is 2.34. The smallest absolute Gasteiger partial charge is 0.252 e. The molecule has 0 radical (unpaired) electrons. The van der Waals surface area contributed by atoms with Crippen LogP contribution in [-0.4, -0.2) is 48.1 Å². The highest BCUT2D eigenvalue weighted by Gasteiger charge is 2.15. The van der Waals surface area contributed by atoms with Gasteiger partial charge in [0.25, 0.3) is 5.91 Å². The number of halogens is 1. The van der Waals surface area contributed by atoms with Gasteiger partial charge in [-0.05, 0) is 22.0 Å². The molecule has 2 aromatic rings. The average Bonchev–Trinajstić information content (AvgIpc) is 2.81. The quantitative estimate of drug-likeness (QED) is 0.866. The summed E-state index contributed by atoms with van der Waals surface area (Å²) in [5.41, 5.74) is 1.41. The number of pyridine rings is 1. The van der Waals surface area contributed by atoms with Gasteiger partial charge in [0.2, 0.25) is 0 Å². The number of hydrogen-bond acceptors (Lipinski definition) is 4. The van der Waals surface area contributed by atoms with Crippen LogP contribution >= 0.6 is 15.9 Å². The maximum absolute atomic E-state index is 12.3. The van der Waals surface area contributed by atoms with Crippen molar-refractivity contribution >= 4 is 27.5 Å². The number of imidazole rings is 1. The normalized spacial score (nSPS) is 19.4. The molecule has 3 rings (SSSR count). The number of carbonyl (C=O) groups excluding carboxylic acids is 1. The Bertz CT molecular complexity index is 635. The number of hydrogen-bond donors (Lipinski definition) is 2. The van der Waals surface area contributed by atoms with Crippen LogP contribution in [0.15, 0.2) is 29.1 Å². The summed E-state index contributed by atoms with van der Waals surface area (Å²) in [4.78, 5) is 16.5. The number of fused-ring (bicyclic) bond motifs is 1. The molecule has 21 heavy (non-hydrogen) atoms. The summed E-state index contributed by atoms with van der Waals surface area (Å²) in [6, 6.07) is 1.79. The minimum Gasteiger partial charge on any atom is -0.380 e. The van der Waals surface area contributed by atoms with Gasteiger partial charge in [0.05, 0.1) is 23.2 Å². The van der Waals surface area contributed by atoms with E-state index in [0.29, 0.717) is 24.6 Å². The van der Waals surface area contributed by atoms with Crippen LogP contribution in [0.1, 0.15) is 10.4 Å². The molecular weight excluding hydrogens is 336 g/mol. The molecule has 1 unspecified atom stereocenters. The van der Waals surface area contributed by atoms with E-state index in [1.165, 1.54) is 0 Å². The van der Waals surface area contributed by atoms with Gasteiger partial charge in [-0.1, -0.05) is 0 Å². The summed E-state index contributed by atoms with van der Waals surface area (Å²) >= 11 is 3.44. The van der Waals surface area contributed by atoms with E-state index in [0.717, 1.165) is 29.8 Å². The van der Waals surface area contributed by atoms with Crippen LogP contribution in [0.5, 0.6) is 0 Å². The highest BCUT2D eigenvalue weighted by Crippen LogP contribution is 2.18. The van der Waals surface area contributed by atoms with Gasteiger partial charge >= 0.3 is 0 Å². The third kappa shape index (κ3) is 3.42. The maximum atomic E-state index is 12.3. The Balaban J connectivity index is 1.66. The number of aromatic nitrogens is 2. The second-order valence-electron chi connectivity index (χ2n) is 5.09. The van der Waals surface area contributed by atoms with Gasteiger partial charge < -0.3 is 19.8 Å². The first kappa shape index (κ1) is 14.5. The van der Waals surface area contributed by atoms with Crippen LogP contribution < -0.4 is 10.6 Å². The van der Waals surface area contributed by atoms with Gasteiger partial charge in [-0.2, -0.15) is 0 Å². The number of ether oxygens (including phenoxy) is 1. The molecule has 0 aliphatic carbocycles. The second kappa shape index (κ2) is 6.55. The zero-order valence-corrected chi connectivity index (χ0v) is 13.1. The number of nitrogens with one attached hydrogen (secondary N) is 2. The largest absolute Gasteiger partial charge is 0.380 e. The van der Waals surface area contributed by atoms with Gasteiger partial charge in [0.15, 0.2) is 5.65 Å². The SMILES string of the molecule is O=C(NCC1CNCCOC1)c1cc(Br)c2nccn2c1. The van der Waals surface area contributed by atoms with E-state index in [1.807, 2.05) is 10.6 Å². The molecule has 112 valence electrons. The third-order valence-electron chi connectivity index (χ3n) is 3.47. The molecule has 6 nitrogen and oxygen atoms in total. The van der Waals surface area contributed by atoms with E-state index in [-0.39, 0.29) is 5.91 Å². The molecule has 1 aliphatic heterocycles. The zero-order valence-electron chi connectivity index (χ0n) is 11.5. The van der Waals surface area contributed by atoms with E-state index >= 15 is 0 Å². The van der Waals surface area contributed by atoms with Crippen molar-refractivity contribution in [3.8, 4) is 0 Å². The highest BCUT2D eigenvalue weighted by molar-refractivity contribution is 9.10. The summed E-state index contributed by atoms with van der Waals surface area (Å²) in [6.45, 7) is 3.75. The van der Waals surface area contributed by atoms with Gasteiger partial charge in [-0.3, -0.25) is 4.79 Å². The first-order valence-corrected chi connectivity index (χ1v) is 7.72. The molecule has 7 heteroatoms. The summed E-state index contributed by atoms with van der Waals surface area (Å²) in [5.74, 6) is 0.215. The molecule has 1 fully saturated rings. The summed E-state index contributed by atoms with van der Waals surface area (Å²) < 4.78 is 8.11. The van der Waals surface area contributed by atoms with E-state index in [9.17, 15) is 4.79 Å². The molecule has 1 aliphatic rings. The fraction of sp³-hybridized carbons (Fsp3) is 0.429. The van der Waals surface area contributed by atoms with Crippen molar-refractivity contribution in [2.75, 3.05) is 32.8 Å². The molecule has 2 aromatic heterocycles. The monoisotopic (exact) mass is 352 g/mol. The van der Waals surface area contributed by atoms with Crippen molar-refractivity contribution in [3.63, 3.8) is 0 Å². The lowest BCUT2D eigenvalue weighted by Gasteiger charge is -2.14. The Kier molecular flexibility index (Phi) is 4.52. The van der Waals surface area contributed by atoms with Gasteiger partial charge in [0.1, 0.15) is 0 Å². The number of rotatable bonds is 3. The Labute approximate surface area is 131 Å². The Morgan fingerprint density at radius 3 is 3.43 bits per heavy atom. The van der Waals surface area contributed by atoms with Crippen LogP contribution in [0.2, 0.25) is 0 Å². The standard InChI is InChI=1S/C14H17BrN4O2/c15-12-5-11(8-19-3-1-17-13(12)19)14(20)18-7-10-6-16-2-4-21-9-10/h1,3,5,8,10,16H,2,4,6-7,9H2,(H,18,20). The second-order valence-corrected chi connectivity index (χ2v) is 5.94. The number of nitrogens with zero attached hydrogens (tertiary/aromatic N) is 2. The van der Waals surface area contributed by atoms with Crippen molar-refractivity contribution in [3.05, 3.63) is 34.7 Å². The maximum Gasteiger partial charge on any atom is 0.252 e. The Morgan fingerprint density at radius 2 is 2.52 bits per heavy atom.